The lowest BCUT2D eigenvalue weighted by atomic mass is 10.1. The molecule has 0 radical (unpaired) electrons. The maximum atomic E-state index is 12.6. The quantitative estimate of drug-likeness (QED) is 0.710. The normalized spacial score (nSPS) is 15.9. The molecule has 2 aromatic carbocycles. The number of nitrogens with one attached hydrogen (secondary N) is 1. The molecule has 0 bridgehead atoms. The van der Waals surface area contributed by atoms with E-state index in [4.69, 9.17) is 4.99 Å². The summed E-state index contributed by atoms with van der Waals surface area (Å²) < 4.78 is 0. The molecule has 1 fully saturated rings. The molecule has 2 aliphatic heterocycles. The number of nitrogens with zero attached hydrogens (tertiary/aromatic N) is 2. The molecule has 1 N–H and O–H groups in total. The first-order valence-corrected chi connectivity index (χ1v) is 11.1. The van der Waals surface area contributed by atoms with Gasteiger partial charge >= 0.3 is 0 Å². The van der Waals surface area contributed by atoms with Crippen LogP contribution in [0.2, 0.25) is 0 Å². The summed E-state index contributed by atoms with van der Waals surface area (Å²) in [7, 11) is 0. The summed E-state index contributed by atoms with van der Waals surface area (Å²) >= 11 is 1.72. The van der Waals surface area contributed by atoms with Crippen LogP contribution in [0.4, 0.5) is 5.69 Å². The molecular formula is C23H29N3OS. The molecule has 2 aliphatic rings. The smallest absolute Gasteiger partial charge is 0.265 e. The minimum absolute atomic E-state index is 0.0466. The van der Waals surface area contributed by atoms with E-state index in [2.05, 4.69) is 36.6 Å². The lowest BCUT2D eigenvalue weighted by Crippen LogP contribution is -2.45. The number of piperidine rings is 1. The van der Waals surface area contributed by atoms with Crippen LogP contribution in [0.25, 0.3) is 0 Å². The number of rotatable bonds is 3. The van der Waals surface area contributed by atoms with Gasteiger partial charge in [-0.3, -0.25) is 15.2 Å². The highest BCUT2D eigenvalue weighted by Gasteiger charge is 2.19. The predicted octanol–water partition coefficient (Wildman–Crippen LogP) is 5.84. The van der Waals surface area contributed by atoms with Crippen molar-refractivity contribution in [1.29, 1.82) is 0 Å². The molecule has 0 saturated carbocycles. The molecule has 0 spiro atoms. The van der Waals surface area contributed by atoms with Crippen LogP contribution in [0.5, 0.6) is 0 Å². The van der Waals surface area contributed by atoms with Gasteiger partial charge in [-0.25, -0.2) is 5.01 Å². The second-order valence-corrected chi connectivity index (χ2v) is 7.77. The highest BCUT2D eigenvalue weighted by Crippen LogP contribution is 2.41. The van der Waals surface area contributed by atoms with Crippen molar-refractivity contribution in [1.82, 2.24) is 10.4 Å². The lowest BCUT2D eigenvalue weighted by Gasteiger charge is -2.26. The van der Waals surface area contributed by atoms with E-state index in [-0.39, 0.29) is 5.91 Å². The minimum atomic E-state index is -0.0466. The van der Waals surface area contributed by atoms with E-state index in [9.17, 15) is 4.79 Å². The van der Waals surface area contributed by atoms with Gasteiger partial charge in [-0.1, -0.05) is 57.2 Å². The van der Waals surface area contributed by atoms with E-state index in [1.807, 2.05) is 37.1 Å². The molecule has 0 aliphatic carbocycles. The summed E-state index contributed by atoms with van der Waals surface area (Å²) in [6.07, 6.45) is 4.39. The number of carbonyl (C=O) groups is 1. The molecule has 4 nitrogen and oxygen atoms in total. The summed E-state index contributed by atoms with van der Waals surface area (Å²) in [5.41, 5.74) is 6.85. The number of aliphatic imine (C=N–C) groups is 1. The monoisotopic (exact) mass is 395 g/mol. The van der Waals surface area contributed by atoms with Gasteiger partial charge in [-0.05, 0) is 43.5 Å². The Morgan fingerprint density at radius 2 is 1.82 bits per heavy atom. The number of carbonyl (C=O) groups excluding carboxylic acids is 1. The summed E-state index contributed by atoms with van der Waals surface area (Å²) in [6, 6.07) is 14.2. The molecule has 28 heavy (non-hydrogen) atoms. The van der Waals surface area contributed by atoms with Gasteiger partial charge in [0.15, 0.2) is 0 Å². The zero-order chi connectivity index (χ0) is 19.9. The molecule has 2 heterocycles. The Hall–Kier alpha value is -2.11. The van der Waals surface area contributed by atoms with E-state index in [0.29, 0.717) is 5.56 Å². The molecule has 1 amide bonds. The number of fused-ring (bicyclic) bond motifs is 2. The first-order valence-electron chi connectivity index (χ1n) is 10.3. The van der Waals surface area contributed by atoms with Crippen LogP contribution in [0.1, 0.15) is 62.4 Å². The third kappa shape index (κ3) is 4.65. The van der Waals surface area contributed by atoms with Crippen LogP contribution >= 0.6 is 11.8 Å². The predicted molar refractivity (Wildman–Crippen MR) is 118 cm³/mol. The van der Waals surface area contributed by atoms with Crippen LogP contribution in [0.15, 0.2) is 57.2 Å². The zero-order valence-corrected chi connectivity index (χ0v) is 17.8. The van der Waals surface area contributed by atoms with Crippen LogP contribution < -0.4 is 5.43 Å². The maximum Gasteiger partial charge on any atom is 0.265 e. The van der Waals surface area contributed by atoms with E-state index < -0.39 is 0 Å². The van der Waals surface area contributed by atoms with Gasteiger partial charge in [-0.15, -0.1) is 0 Å². The van der Waals surface area contributed by atoms with Gasteiger partial charge < -0.3 is 0 Å². The number of hydrogen-bond acceptors (Lipinski definition) is 4. The molecular weight excluding hydrogens is 366 g/mol. The number of benzene rings is 2. The molecule has 4 rings (SSSR count). The topological polar surface area (TPSA) is 44.7 Å². The van der Waals surface area contributed by atoms with Crippen molar-refractivity contribution in [2.24, 2.45) is 4.99 Å². The van der Waals surface area contributed by atoms with Gasteiger partial charge in [0.05, 0.1) is 5.69 Å². The Morgan fingerprint density at radius 1 is 1.07 bits per heavy atom. The van der Waals surface area contributed by atoms with Crippen molar-refractivity contribution in [2.75, 3.05) is 13.1 Å². The summed E-state index contributed by atoms with van der Waals surface area (Å²) in [5, 5.41) is 2.03. The standard InChI is InChI=1S/C21H23N3OS.C2H6/c1-2-17-16-8-4-5-9-19(16)26-20-11-10-15(14-18(20)22-17)21(25)23-24-12-6-3-7-13-24;1-2/h4-5,8-11,14H,2-3,6-7,12-13H2,1H3,(H,23,25);1-2H3. The van der Waals surface area contributed by atoms with E-state index >= 15 is 0 Å². The fraction of sp³-hybridized carbons (Fsp3) is 0.391. The fourth-order valence-corrected chi connectivity index (χ4v) is 4.46. The van der Waals surface area contributed by atoms with Crippen molar-refractivity contribution in [3.63, 3.8) is 0 Å². The SMILES string of the molecule is CC.CCC1=Nc2cc(C(=O)NN3CCCCC3)ccc2Sc2ccccc21. The molecule has 1 saturated heterocycles. The second-order valence-electron chi connectivity index (χ2n) is 6.68. The average Bonchev–Trinajstić information content (AvgIpc) is 2.91. The van der Waals surface area contributed by atoms with Crippen LogP contribution in [-0.2, 0) is 0 Å². The maximum absolute atomic E-state index is 12.6. The Kier molecular flexibility index (Phi) is 7.29. The van der Waals surface area contributed by atoms with E-state index in [1.54, 1.807) is 11.8 Å². The number of hydrogen-bond donors (Lipinski definition) is 1. The van der Waals surface area contributed by atoms with Crippen molar-refractivity contribution < 1.29 is 4.79 Å². The first-order chi connectivity index (χ1) is 13.7. The summed E-state index contributed by atoms with van der Waals surface area (Å²) in [5.74, 6) is -0.0466. The minimum Gasteiger partial charge on any atom is -0.285 e. The Morgan fingerprint density at radius 3 is 2.57 bits per heavy atom. The van der Waals surface area contributed by atoms with Gasteiger partial charge in [0.25, 0.3) is 5.91 Å². The van der Waals surface area contributed by atoms with Crippen LogP contribution in [0, 0.1) is 0 Å². The molecule has 5 heteroatoms. The van der Waals surface area contributed by atoms with E-state index in [0.717, 1.165) is 48.6 Å². The first kappa shape index (κ1) is 20.6. The molecule has 0 unspecified atom stereocenters. The van der Waals surface area contributed by atoms with E-state index in [1.165, 1.54) is 16.9 Å². The number of amides is 1. The van der Waals surface area contributed by atoms with Crippen molar-refractivity contribution in [3.8, 4) is 0 Å². The number of hydrazine groups is 1. The van der Waals surface area contributed by atoms with Crippen LogP contribution in [0.3, 0.4) is 0 Å². The zero-order valence-electron chi connectivity index (χ0n) is 17.0. The second kappa shape index (κ2) is 9.89. The Bertz CT molecular complexity index is 857. The lowest BCUT2D eigenvalue weighted by molar-refractivity contribution is 0.0750. The van der Waals surface area contributed by atoms with Gasteiger partial charge in [0.2, 0.25) is 0 Å². The fourth-order valence-electron chi connectivity index (χ4n) is 3.43. The largest absolute Gasteiger partial charge is 0.285 e. The average molecular weight is 396 g/mol. The summed E-state index contributed by atoms with van der Waals surface area (Å²) in [4.78, 5) is 19.8. The summed E-state index contributed by atoms with van der Waals surface area (Å²) in [6.45, 7) is 7.98. The molecule has 0 atom stereocenters. The molecule has 148 valence electrons. The highest BCUT2D eigenvalue weighted by atomic mass is 32.2. The third-order valence-electron chi connectivity index (χ3n) is 4.85. The van der Waals surface area contributed by atoms with Crippen molar-refractivity contribution in [3.05, 3.63) is 53.6 Å². The van der Waals surface area contributed by atoms with Crippen LogP contribution in [-0.4, -0.2) is 29.7 Å². The molecule has 0 aromatic heterocycles. The van der Waals surface area contributed by atoms with Crippen molar-refractivity contribution in [2.45, 2.75) is 56.2 Å². The Labute approximate surface area is 172 Å². The highest BCUT2D eigenvalue weighted by molar-refractivity contribution is 7.99. The Balaban J connectivity index is 0.00000109. The van der Waals surface area contributed by atoms with Crippen molar-refractivity contribution >= 4 is 29.1 Å². The van der Waals surface area contributed by atoms with Gasteiger partial charge in [-0.2, -0.15) is 0 Å². The van der Waals surface area contributed by atoms with Gasteiger partial charge in [0, 0.05) is 39.7 Å². The molecule has 2 aromatic rings. The third-order valence-corrected chi connectivity index (χ3v) is 5.99. The van der Waals surface area contributed by atoms with Gasteiger partial charge in [0.1, 0.15) is 0 Å².